The van der Waals surface area contributed by atoms with Crippen molar-refractivity contribution in [3.8, 4) is 5.75 Å². The molecule has 0 radical (unpaired) electrons. The van der Waals surface area contributed by atoms with Crippen LogP contribution in [0.4, 0.5) is 11.4 Å². The summed E-state index contributed by atoms with van der Waals surface area (Å²) in [5.41, 5.74) is 3.26. The summed E-state index contributed by atoms with van der Waals surface area (Å²) in [5.74, 6) is 0.498. The van der Waals surface area contributed by atoms with Crippen molar-refractivity contribution in [1.29, 1.82) is 5.39 Å². The molecule has 0 saturated carbocycles. The van der Waals surface area contributed by atoms with Crippen LogP contribution in [-0.2, 0) is 13.1 Å². The van der Waals surface area contributed by atoms with Gasteiger partial charge in [0.25, 0.3) is 0 Å². The first-order chi connectivity index (χ1) is 13.7. The first kappa shape index (κ1) is 19.7. The zero-order valence-electron chi connectivity index (χ0n) is 15.3. The van der Waals surface area contributed by atoms with Crippen molar-refractivity contribution in [2.24, 2.45) is 0 Å². The molecule has 0 fully saturated rings. The minimum atomic E-state index is -0.120. The Morgan fingerprint density at radius 3 is 2.00 bits per heavy atom. The molecule has 0 unspecified atom stereocenters. The number of aliphatic hydroxyl groups excluding tert-OH is 1. The molecule has 1 N–H and O–H groups in total. The third-order valence-corrected chi connectivity index (χ3v) is 4.56. The zero-order chi connectivity index (χ0) is 19.8. The third-order valence-electron chi connectivity index (χ3n) is 4.26. The van der Waals surface area contributed by atoms with Crippen molar-refractivity contribution >= 4 is 23.0 Å². The second-order valence-corrected chi connectivity index (χ2v) is 6.68. The largest absolute Gasteiger partial charge is 0.489 e. The second kappa shape index (κ2) is 9.75. The molecule has 3 aromatic carbocycles. The summed E-state index contributed by atoms with van der Waals surface area (Å²) in [6, 6.07) is 23.5. The van der Waals surface area contributed by atoms with Gasteiger partial charge in [0.05, 0.1) is 18.4 Å². The average molecular weight is 395 g/mol. The highest BCUT2D eigenvalue weighted by Crippen LogP contribution is 2.39. The standard InChI is InChI=1S/C22H21ClN3O2/c23-19-13-21(22(28-12-11-27)14-20(19)25-24)26(15-17-7-3-1-4-8-17)16-18-9-5-2-6-10-18/h1-10,13-14,27H,11-12,15-16H2/q+1. The molecule has 0 heterocycles. The first-order valence-corrected chi connectivity index (χ1v) is 9.34. The molecule has 0 spiro atoms. The zero-order valence-corrected chi connectivity index (χ0v) is 16.1. The Morgan fingerprint density at radius 1 is 0.929 bits per heavy atom. The van der Waals surface area contributed by atoms with Crippen LogP contribution >= 0.6 is 11.6 Å². The number of aliphatic hydroxyl groups is 1. The summed E-state index contributed by atoms with van der Waals surface area (Å²) >= 11 is 6.30. The summed E-state index contributed by atoms with van der Waals surface area (Å²) in [6.45, 7) is 1.28. The summed E-state index contributed by atoms with van der Waals surface area (Å²) in [5, 5.41) is 18.7. The maximum atomic E-state index is 9.19. The molecule has 0 aromatic heterocycles. The highest BCUT2D eigenvalue weighted by Gasteiger charge is 2.22. The Bertz CT molecular complexity index is 902. The fourth-order valence-corrected chi connectivity index (χ4v) is 3.16. The van der Waals surface area contributed by atoms with E-state index in [4.69, 9.17) is 16.3 Å². The molecule has 3 rings (SSSR count). The van der Waals surface area contributed by atoms with Gasteiger partial charge in [-0.1, -0.05) is 72.3 Å². The van der Waals surface area contributed by atoms with Crippen molar-refractivity contribution in [1.82, 2.24) is 0 Å². The van der Waals surface area contributed by atoms with E-state index in [9.17, 15) is 10.5 Å². The molecular formula is C22H21ClN3O2+. The number of hydrogen-bond acceptors (Lipinski definition) is 4. The van der Waals surface area contributed by atoms with Crippen LogP contribution in [0.2, 0.25) is 5.02 Å². The average Bonchev–Trinajstić information content (AvgIpc) is 2.73. The maximum Gasteiger partial charge on any atom is 0.407 e. The monoisotopic (exact) mass is 394 g/mol. The van der Waals surface area contributed by atoms with E-state index < -0.39 is 0 Å². The smallest absolute Gasteiger partial charge is 0.407 e. The molecule has 5 nitrogen and oxygen atoms in total. The van der Waals surface area contributed by atoms with Gasteiger partial charge in [-0.05, 0) is 17.2 Å². The predicted molar refractivity (Wildman–Crippen MR) is 112 cm³/mol. The van der Waals surface area contributed by atoms with Gasteiger partial charge in [0.1, 0.15) is 11.6 Å². The lowest BCUT2D eigenvalue weighted by atomic mass is 10.1. The lowest BCUT2D eigenvalue weighted by Gasteiger charge is -2.27. The van der Waals surface area contributed by atoms with E-state index in [-0.39, 0.29) is 18.9 Å². The van der Waals surface area contributed by atoms with Gasteiger partial charge in [-0.15, -0.1) is 0 Å². The summed E-state index contributed by atoms with van der Waals surface area (Å²) < 4.78 is 5.72. The Balaban J connectivity index is 2.02. The Labute approximate surface area is 169 Å². The van der Waals surface area contributed by atoms with Gasteiger partial charge in [-0.25, -0.2) is 0 Å². The van der Waals surface area contributed by atoms with Crippen LogP contribution in [-0.4, -0.2) is 18.3 Å². The summed E-state index contributed by atoms with van der Waals surface area (Å²) in [6.07, 6.45) is 0. The van der Waals surface area contributed by atoms with Crippen LogP contribution in [0.5, 0.6) is 5.75 Å². The number of nitrogens with zero attached hydrogens (tertiary/aromatic N) is 3. The predicted octanol–water partition coefficient (Wildman–Crippen LogP) is 5.40. The molecule has 0 saturated heterocycles. The van der Waals surface area contributed by atoms with E-state index in [1.807, 2.05) is 36.4 Å². The van der Waals surface area contributed by atoms with E-state index in [0.717, 1.165) is 16.8 Å². The summed E-state index contributed by atoms with van der Waals surface area (Å²) in [4.78, 5) is 5.36. The quantitative estimate of drug-likeness (QED) is 0.519. The van der Waals surface area contributed by atoms with E-state index >= 15 is 0 Å². The van der Waals surface area contributed by atoms with Gasteiger partial charge >= 0.3 is 5.69 Å². The molecule has 0 bridgehead atoms. The number of anilines is 1. The number of diazo groups is 1. The van der Waals surface area contributed by atoms with Gasteiger partial charge in [-0.2, -0.15) is 0 Å². The SMILES string of the molecule is N#[N+]c1cc(OCCO)c(N(Cc2ccccc2)Cc2ccccc2)cc1Cl. The van der Waals surface area contributed by atoms with E-state index in [1.54, 1.807) is 12.1 Å². The number of hydrogen-bond donors (Lipinski definition) is 1. The number of rotatable bonds is 8. The van der Waals surface area contributed by atoms with Gasteiger partial charge in [0.2, 0.25) is 5.39 Å². The molecule has 0 aliphatic rings. The van der Waals surface area contributed by atoms with Crippen molar-refractivity contribution in [2.75, 3.05) is 18.1 Å². The molecule has 3 aromatic rings. The molecule has 0 atom stereocenters. The van der Waals surface area contributed by atoms with Crippen LogP contribution < -0.4 is 9.64 Å². The highest BCUT2D eigenvalue weighted by atomic mass is 35.5. The van der Waals surface area contributed by atoms with E-state index in [0.29, 0.717) is 23.9 Å². The molecule has 0 amide bonds. The molecule has 142 valence electrons. The molecular weight excluding hydrogens is 374 g/mol. The minimum Gasteiger partial charge on any atom is -0.489 e. The molecule has 6 heteroatoms. The van der Waals surface area contributed by atoms with Crippen molar-refractivity contribution in [2.45, 2.75) is 13.1 Å². The van der Waals surface area contributed by atoms with Crippen molar-refractivity contribution < 1.29 is 9.84 Å². The van der Waals surface area contributed by atoms with Crippen LogP contribution in [0.3, 0.4) is 0 Å². The van der Waals surface area contributed by atoms with Crippen molar-refractivity contribution in [3.63, 3.8) is 0 Å². The van der Waals surface area contributed by atoms with Crippen LogP contribution in [0.25, 0.3) is 4.98 Å². The fourth-order valence-electron chi connectivity index (χ4n) is 2.96. The van der Waals surface area contributed by atoms with Crippen molar-refractivity contribution in [3.05, 3.63) is 93.9 Å². The topological polar surface area (TPSA) is 60.9 Å². The van der Waals surface area contributed by atoms with Crippen LogP contribution in [0.1, 0.15) is 11.1 Å². The molecule has 0 aliphatic carbocycles. The second-order valence-electron chi connectivity index (χ2n) is 6.27. The van der Waals surface area contributed by atoms with Gasteiger partial charge < -0.3 is 14.7 Å². The van der Waals surface area contributed by atoms with Crippen LogP contribution in [0, 0.1) is 5.39 Å². The van der Waals surface area contributed by atoms with Gasteiger partial charge in [0, 0.05) is 13.1 Å². The van der Waals surface area contributed by atoms with Crippen LogP contribution in [0.15, 0.2) is 72.8 Å². The normalized spacial score (nSPS) is 10.3. The number of halogens is 1. The van der Waals surface area contributed by atoms with E-state index in [2.05, 4.69) is 34.1 Å². The number of benzene rings is 3. The Morgan fingerprint density at radius 2 is 1.50 bits per heavy atom. The minimum absolute atomic E-state index is 0.120. The van der Waals surface area contributed by atoms with Gasteiger partial charge in [-0.3, -0.25) is 0 Å². The Kier molecular flexibility index (Phi) is 6.85. The fraction of sp³-hybridized carbons (Fsp3) is 0.182. The third kappa shape index (κ3) is 5.01. The summed E-state index contributed by atoms with van der Waals surface area (Å²) in [7, 11) is 0. The highest BCUT2D eigenvalue weighted by molar-refractivity contribution is 6.33. The number of ether oxygens (including phenoxy) is 1. The van der Waals surface area contributed by atoms with E-state index in [1.165, 1.54) is 0 Å². The maximum absolute atomic E-state index is 9.19. The van der Waals surface area contributed by atoms with Gasteiger partial charge in [0.15, 0.2) is 10.7 Å². The first-order valence-electron chi connectivity index (χ1n) is 8.96. The lowest BCUT2D eigenvalue weighted by molar-refractivity contribution is 0.201. The molecule has 0 aliphatic heterocycles. The molecule has 28 heavy (non-hydrogen) atoms. The Hall–Kier alpha value is -3.07. The lowest BCUT2D eigenvalue weighted by Crippen LogP contribution is -2.23.